The van der Waals surface area contributed by atoms with E-state index in [2.05, 4.69) is 66.8 Å². The van der Waals surface area contributed by atoms with Gasteiger partial charge in [-0.25, -0.2) is 0 Å². The third-order valence-corrected chi connectivity index (χ3v) is 3.60. The van der Waals surface area contributed by atoms with Crippen molar-refractivity contribution in [1.82, 2.24) is 9.80 Å². The second kappa shape index (κ2) is 11.5. The summed E-state index contributed by atoms with van der Waals surface area (Å²) in [5, 5.41) is 0. The number of rotatable bonds is 4. The Hall–Kier alpha value is 0.919. The monoisotopic (exact) mass is 378 g/mol. The van der Waals surface area contributed by atoms with Gasteiger partial charge in [-0.05, 0) is 73.1 Å². The summed E-state index contributed by atoms with van der Waals surface area (Å²) in [6, 6.07) is 0. The fourth-order valence-corrected chi connectivity index (χ4v) is 2.32. The summed E-state index contributed by atoms with van der Waals surface area (Å²) in [6.45, 7) is 1.99. The molecule has 0 N–H and O–H groups in total. The Morgan fingerprint density at radius 2 is 1.05 bits per heavy atom. The molecule has 0 bridgehead atoms. The quantitative estimate of drug-likeness (QED) is 0.694. The molecule has 0 aliphatic heterocycles. The van der Waals surface area contributed by atoms with Crippen molar-refractivity contribution in [3.63, 3.8) is 0 Å². The molecular weight excluding hydrogens is 356 g/mol. The van der Waals surface area contributed by atoms with Gasteiger partial charge in [-0.2, -0.15) is 0 Å². The van der Waals surface area contributed by atoms with Gasteiger partial charge in [0.15, 0.2) is 0 Å². The van der Waals surface area contributed by atoms with Crippen LogP contribution in [0.4, 0.5) is 0 Å². The molecule has 110 valence electrons. The topological polar surface area (TPSA) is 6.48 Å². The molecular formula is C16H23BrFeN2+2. The van der Waals surface area contributed by atoms with Crippen LogP contribution in [0.5, 0.6) is 0 Å². The minimum absolute atomic E-state index is 0. The van der Waals surface area contributed by atoms with Gasteiger partial charge in [0.2, 0.25) is 0 Å². The van der Waals surface area contributed by atoms with Gasteiger partial charge < -0.3 is 9.80 Å². The van der Waals surface area contributed by atoms with Crippen LogP contribution in [0.15, 0.2) is 0 Å². The summed E-state index contributed by atoms with van der Waals surface area (Å²) in [7, 11) is 8.35. The maximum Gasteiger partial charge on any atom is 2.00 e. The van der Waals surface area contributed by atoms with Gasteiger partial charge in [-0.15, -0.1) is 0 Å². The number of hydrogen-bond acceptors (Lipinski definition) is 2. The summed E-state index contributed by atoms with van der Waals surface area (Å²) in [5.74, 6) is 2.73. The van der Waals surface area contributed by atoms with Crippen LogP contribution < -0.4 is 0 Å². The van der Waals surface area contributed by atoms with Crippen LogP contribution >= 0.6 is 15.9 Å². The molecule has 0 spiro atoms. The largest absolute Gasteiger partial charge is 2.00 e. The molecule has 0 amide bonds. The van der Waals surface area contributed by atoms with Crippen molar-refractivity contribution in [3.05, 3.63) is 61.6 Å². The van der Waals surface area contributed by atoms with Crippen molar-refractivity contribution in [3.8, 4) is 0 Å². The van der Waals surface area contributed by atoms with Crippen LogP contribution in [0.3, 0.4) is 0 Å². The first-order valence-corrected chi connectivity index (χ1v) is 7.19. The van der Waals surface area contributed by atoms with E-state index in [9.17, 15) is 0 Å². The summed E-state index contributed by atoms with van der Waals surface area (Å²) in [5.41, 5.74) is 0. The van der Waals surface area contributed by atoms with Gasteiger partial charge in [0.25, 0.3) is 0 Å². The minimum Gasteiger partial charge on any atom is -0.309 e. The first-order valence-electron chi connectivity index (χ1n) is 6.39. The summed E-state index contributed by atoms with van der Waals surface area (Å²) in [4.78, 5) is 5.62. The maximum atomic E-state index is 3.65. The van der Waals surface area contributed by atoms with E-state index in [1.54, 1.807) is 0 Å². The number of nitrogens with zero attached hydrogens (tertiary/aromatic N) is 2. The molecule has 0 aromatic carbocycles. The molecule has 10 radical (unpaired) electrons. The van der Waals surface area contributed by atoms with Crippen LogP contribution in [0.25, 0.3) is 0 Å². The minimum atomic E-state index is 0. The molecule has 2 nitrogen and oxygen atoms in total. The van der Waals surface area contributed by atoms with Crippen LogP contribution in [0.1, 0.15) is 0 Å². The molecule has 0 atom stereocenters. The maximum absolute atomic E-state index is 3.65. The molecule has 0 unspecified atom stereocenters. The van der Waals surface area contributed by atoms with Gasteiger partial charge in [0.05, 0.1) is 4.83 Å². The first kappa shape index (κ1) is 20.9. The van der Waals surface area contributed by atoms with Gasteiger partial charge in [0, 0.05) is 24.9 Å². The average Bonchev–Trinajstić information content (AvgIpc) is 2.96. The Balaban J connectivity index is 0.000000507. The molecule has 0 heterocycles. The standard InChI is InChI=1S/C11H18BrN2.C5H5.Fe/c1-13(2)7-9-5-6-10(11(9)12)8-14(3)4;1-2-4-5-3-1;/h5-6H,7-8H2,1-4H3;1-5H;/q;;+2. The third-order valence-electron chi connectivity index (χ3n) is 2.58. The van der Waals surface area contributed by atoms with E-state index in [0.717, 1.165) is 13.1 Å². The Kier molecular flexibility index (Phi) is 12.0. The molecule has 2 fully saturated rings. The Labute approximate surface area is 145 Å². The Bertz CT molecular complexity index is 207. The van der Waals surface area contributed by atoms with E-state index in [1.807, 2.05) is 32.1 Å². The van der Waals surface area contributed by atoms with E-state index in [-0.39, 0.29) is 17.1 Å². The zero-order chi connectivity index (χ0) is 14.3. The smallest absolute Gasteiger partial charge is 0.309 e. The molecule has 4 heteroatoms. The van der Waals surface area contributed by atoms with Crippen molar-refractivity contribution in [1.29, 1.82) is 0 Å². The van der Waals surface area contributed by atoms with Crippen LogP contribution in [0, 0.1) is 61.6 Å². The van der Waals surface area contributed by atoms with E-state index >= 15 is 0 Å². The predicted molar refractivity (Wildman–Crippen MR) is 85.9 cm³/mol. The van der Waals surface area contributed by atoms with Crippen molar-refractivity contribution >= 4 is 15.9 Å². The van der Waals surface area contributed by atoms with Crippen molar-refractivity contribution in [2.45, 2.75) is 0 Å². The van der Waals surface area contributed by atoms with Crippen LogP contribution in [-0.2, 0) is 17.1 Å². The van der Waals surface area contributed by atoms with Crippen molar-refractivity contribution in [2.24, 2.45) is 0 Å². The summed E-state index contributed by atoms with van der Waals surface area (Å²) < 4.78 is 0. The van der Waals surface area contributed by atoms with Gasteiger partial charge in [0.1, 0.15) is 0 Å². The number of halogens is 1. The van der Waals surface area contributed by atoms with E-state index in [0.29, 0.717) is 0 Å². The summed E-state index contributed by atoms with van der Waals surface area (Å²) in [6.07, 6.45) is 14.4. The van der Waals surface area contributed by atoms with Crippen LogP contribution in [-0.4, -0.2) is 51.1 Å². The van der Waals surface area contributed by atoms with E-state index < -0.39 is 0 Å². The van der Waals surface area contributed by atoms with Crippen molar-refractivity contribution < 1.29 is 17.1 Å². The second-order valence-corrected chi connectivity index (χ2v) is 5.93. The zero-order valence-electron chi connectivity index (χ0n) is 12.6. The van der Waals surface area contributed by atoms with Gasteiger partial charge in [-0.3, -0.25) is 0 Å². The summed E-state index contributed by atoms with van der Waals surface area (Å²) >= 11 is 3.65. The predicted octanol–water partition coefficient (Wildman–Crippen LogP) is 2.63. The third kappa shape index (κ3) is 8.38. The fraction of sp³-hybridized carbons (Fsp3) is 0.375. The Morgan fingerprint density at radius 3 is 1.30 bits per heavy atom. The van der Waals surface area contributed by atoms with Gasteiger partial charge >= 0.3 is 17.1 Å². The molecule has 2 aliphatic carbocycles. The van der Waals surface area contributed by atoms with E-state index in [4.69, 9.17) is 0 Å². The SMILES string of the molecule is CN(C)C[C]1[CH][CH][C](CN(C)C)[C]1Br.[CH]1[CH][CH][CH][CH]1.[Fe+2]. The molecule has 0 saturated heterocycles. The second-order valence-electron chi connectivity index (χ2n) is 5.14. The Morgan fingerprint density at radius 1 is 0.750 bits per heavy atom. The zero-order valence-corrected chi connectivity index (χ0v) is 15.3. The molecule has 2 aliphatic rings. The average molecular weight is 379 g/mol. The van der Waals surface area contributed by atoms with E-state index in [1.165, 1.54) is 16.7 Å². The normalized spacial score (nSPS) is 21.1. The van der Waals surface area contributed by atoms with Crippen LogP contribution in [0.2, 0.25) is 0 Å². The molecule has 0 aromatic heterocycles. The van der Waals surface area contributed by atoms with Crippen molar-refractivity contribution in [2.75, 3.05) is 41.3 Å². The molecule has 20 heavy (non-hydrogen) atoms. The fourth-order valence-electron chi connectivity index (χ4n) is 1.80. The number of hydrogen-bond donors (Lipinski definition) is 0. The molecule has 2 saturated carbocycles. The molecule has 2 rings (SSSR count). The van der Waals surface area contributed by atoms with Gasteiger partial charge in [-0.1, -0.05) is 15.9 Å². The molecule has 0 aromatic rings. The first-order chi connectivity index (χ1) is 9.00.